The Kier molecular flexibility index (Phi) is 5.00. The summed E-state index contributed by atoms with van der Waals surface area (Å²) >= 11 is 5.87. The van der Waals surface area contributed by atoms with E-state index in [2.05, 4.69) is 4.72 Å². The maximum absolute atomic E-state index is 12.4. The average Bonchev–Trinajstić information content (AvgIpc) is 2.48. The lowest BCUT2D eigenvalue weighted by Crippen LogP contribution is -2.27. The molecule has 0 aliphatic rings. The molecule has 0 aromatic heterocycles. The predicted molar refractivity (Wildman–Crippen MR) is 82.6 cm³/mol. The molecule has 0 radical (unpaired) electrons. The summed E-state index contributed by atoms with van der Waals surface area (Å²) in [6, 6.07) is 13.2. The number of rotatable bonds is 5. The summed E-state index contributed by atoms with van der Waals surface area (Å²) in [4.78, 5) is 0.0822. The molecule has 112 valence electrons. The summed E-state index contributed by atoms with van der Waals surface area (Å²) in [5, 5.41) is 9.51. The average molecular weight is 326 g/mol. The van der Waals surface area contributed by atoms with Crippen molar-refractivity contribution < 1.29 is 13.5 Å². The molecule has 1 atom stereocenters. The minimum atomic E-state index is -3.68. The van der Waals surface area contributed by atoms with Crippen LogP contribution < -0.4 is 4.72 Å². The molecule has 2 rings (SSSR count). The third-order valence-electron chi connectivity index (χ3n) is 3.13. The van der Waals surface area contributed by atoms with Crippen molar-refractivity contribution in [2.45, 2.75) is 24.5 Å². The monoisotopic (exact) mass is 325 g/mol. The highest BCUT2D eigenvalue weighted by Gasteiger charge is 2.19. The van der Waals surface area contributed by atoms with E-state index in [4.69, 9.17) is 16.7 Å². The van der Waals surface area contributed by atoms with E-state index in [9.17, 15) is 8.42 Å². The first-order chi connectivity index (χ1) is 9.94. The van der Waals surface area contributed by atoms with Gasteiger partial charge in [-0.25, -0.2) is 13.1 Å². The Labute approximate surface area is 129 Å². The van der Waals surface area contributed by atoms with Crippen molar-refractivity contribution in [1.29, 1.82) is 0 Å². The smallest absolute Gasteiger partial charge is 0.241 e. The van der Waals surface area contributed by atoms with Crippen LogP contribution in [0.25, 0.3) is 0 Å². The number of hydrogen-bond acceptors (Lipinski definition) is 3. The van der Waals surface area contributed by atoms with Gasteiger partial charge in [0.25, 0.3) is 0 Å². The van der Waals surface area contributed by atoms with E-state index >= 15 is 0 Å². The summed E-state index contributed by atoms with van der Waals surface area (Å²) in [7, 11) is -3.68. The van der Waals surface area contributed by atoms with Gasteiger partial charge in [0.2, 0.25) is 10.0 Å². The SMILES string of the molecule is CC(NS(=O)(=O)c1ccc(Cl)c(CO)c1)c1ccccc1. The van der Waals surface area contributed by atoms with Crippen LogP contribution in [-0.4, -0.2) is 13.5 Å². The second-order valence-corrected chi connectivity index (χ2v) is 6.79. The number of benzene rings is 2. The predicted octanol–water partition coefficient (Wildman–Crippen LogP) is 2.87. The standard InChI is InChI=1S/C15H16ClNO3S/c1-11(12-5-3-2-4-6-12)17-21(19,20)14-7-8-15(16)13(9-14)10-18/h2-9,11,17-18H,10H2,1H3. The van der Waals surface area contributed by atoms with Gasteiger partial charge in [-0.05, 0) is 36.2 Å². The van der Waals surface area contributed by atoms with Crippen LogP contribution in [0.3, 0.4) is 0 Å². The molecule has 0 fully saturated rings. The first-order valence-corrected chi connectivity index (χ1v) is 8.26. The van der Waals surface area contributed by atoms with Crippen molar-refractivity contribution in [2.75, 3.05) is 0 Å². The molecule has 0 bridgehead atoms. The lowest BCUT2D eigenvalue weighted by molar-refractivity contribution is 0.281. The van der Waals surface area contributed by atoms with Gasteiger partial charge in [0.15, 0.2) is 0 Å². The molecule has 6 heteroatoms. The maximum Gasteiger partial charge on any atom is 0.241 e. The van der Waals surface area contributed by atoms with Gasteiger partial charge in [-0.3, -0.25) is 0 Å². The molecule has 21 heavy (non-hydrogen) atoms. The number of hydrogen-bond donors (Lipinski definition) is 2. The van der Waals surface area contributed by atoms with Gasteiger partial charge in [0, 0.05) is 11.1 Å². The molecule has 2 aromatic rings. The van der Waals surface area contributed by atoms with Crippen molar-refractivity contribution in [3.05, 3.63) is 64.7 Å². The van der Waals surface area contributed by atoms with Gasteiger partial charge < -0.3 is 5.11 Å². The fourth-order valence-electron chi connectivity index (χ4n) is 1.95. The topological polar surface area (TPSA) is 66.4 Å². The van der Waals surface area contributed by atoms with Crippen LogP contribution in [0.2, 0.25) is 5.02 Å². The molecule has 0 amide bonds. The zero-order valence-corrected chi connectivity index (χ0v) is 13.0. The van der Waals surface area contributed by atoms with Crippen LogP contribution in [0, 0.1) is 0 Å². The van der Waals surface area contributed by atoms with Crippen molar-refractivity contribution in [1.82, 2.24) is 4.72 Å². The molecule has 2 N–H and O–H groups in total. The minimum Gasteiger partial charge on any atom is -0.392 e. The van der Waals surface area contributed by atoms with Gasteiger partial charge >= 0.3 is 0 Å². The van der Waals surface area contributed by atoms with E-state index in [0.717, 1.165) is 5.56 Å². The summed E-state index contributed by atoms with van der Waals surface area (Å²) < 4.78 is 27.3. The summed E-state index contributed by atoms with van der Waals surface area (Å²) in [5.41, 5.74) is 1.25. The lowest BCUT2D eigenvalue weighted by Gasteiger charge is -2.15. The van der Waals surface area contributed by atoms with E-state index in [0.29, 0.717) is 10.6 Å². The third-order valence-corrected chi connectivity index (χ3v) is 5.04. The Morgan fingerprint density at radius 2 is 1.86 bits per heavy atom. The van der Waals surface area contributed by atoms with Gasteiger partial charge in [-0.2, -0.15) is 0 Å². The Balaban J connectivity index is 2.26. The van der Waals surface area contributed by atoms with Crippen molar-refractivity contribution >= 4 is 21.6 Å². The Morgan fingerprint density at radius 1 is 1.19 bits per heavy atom. The van der Waals surface area contributed by atoms with E-state index in [1.54, 1.807) is 6.92 Å². The molecular weight excluding hydrogens is 310 g/mol. The molecule has 1 unspecified atom stereocenters. The quantitative estimate of drug-likeness (QED) is 0.888. The molecular formula is C15H16ClNO3S. The lowest BCUT2D eigenvalue weighted by atomic mass is 10.1. The summed E-state index contributed by atoms with van der Waals surface area (Å²) in [6.45, 7) is 1.46. The minimum absolute atomic E-state index is 0.0822. The second-order valence-electron chi connectivity index (χ2n) is 4.66. The van der Waals surface area contributed by atoms with E-state index < -0.39 is 10.0 Å². The van der Waals surface area contributed by atoms with Crippen LogP contribution >= 0.6 is 11.6 Å². The number of halogens is 1. The Bertz CT molecular complexity index is 717. The zero-order chi connectivity index (χ0) is 15.5. The van der Waals surface area contributed by atoms with Crippen LogP contribution in [-0.2, 0) is 16.6 Å². The maximum atomic E-state index is 12.4. The van der Waals surface area contributed by atoms with E-state index in [1.807, 2.05) is 30.3 Å². The fraction of sp³-hybridized carbons (Fsp3) is 0.200. The van der Waals surface area contributed by atoms with Crippen molar-refractivity contribution in [3.63, 3.8) is 0 Å². The van der Waals surface area contributed by atoms with Crippen molar-refractivity contribution in [2.24, 2.45) is 0 Å². The zero-order valence-electron chi connectivity index (χ0n) is 11.5. The molecule has 0 spiro atoms. The van der Waals surface area contributed by atoms with Gasteiger partial charge in [0.1, 0.15) is 0 Å². The number of sulfonamides is 1. The van der Waals surface area contributed by atoms with Gasteiger partial charge in [-0.1, -0.05) is 41.9 Å². The van der Waals surface area contributed by atoms with Crippen LogP contribution in [0.4, 0.5) is 0 Å². The number of nitrogens with one attached hydrogen (secondary N) is 1. The highest BCUT2D eigenvalue weighted by atomic mass is 35.5. The van der Waals surface area contributed by atoms with Gasteiger partial charge in [0.05, 0.1) is 11.5 Å². The first-order valence-electron chi connectivity index (χ1n) is 6.40. The Hall–Kier alpha value is -1.40. The fourth-order valence-corrected chi connectivity index (χ4v) is 3.41. The largest absolute Gasteiger partial charge is 0.392 e. The second kappa shape index (κ2) is 6.58. The summed E-state index contributed by atoms with van der Waals surface area (Å²) in [5.74, 6) is 0. The molecule has 0 aliphatic heterocycles. The molecule has 0 saturated carbocycles. The van der Waals surface area contributed by atoms with E-state index in [-0.39, 0.29) is 17.5 Å². The van der Waals surface area contributed by atoms with Gasteiger partial charge in [-0.15, -0.1) is 0 Å². The molecule has 2 aromatic carbocycles. The Morgan fingerprint density at radius 3 is 2.48 bits per heavy atom. The molecule has 4 nitrogen and oxygen atoms in total. The number of aliphatic hydroxyl groups is 1. The highest BCUT2D eigenvalue weighted by molar-refractivity contribution is 7.89. The highest BCUT2D eigenvalue weighted by Crippen LogP contribution is 2.22. The molecule has 0 saturated heterocycles. The number of aliphatic hydroxyl groups excluding tert-OH is 1. The van der Waals surface area contributed by atoms with Crippen LogP contribution in [0.5, 0.6) is 0 Å². The van der Waals surface area contributed by atoms with Crippen LogP contribution in [0.1, 0.15) is 24.1 Å². The van der Waals surface area contributed by atoms with Crippen molar-refractivity contribution in [3.8, 4) is 0 Å². The summed E-state index contributed by atoms with van der Waals surface area (Å²) in [6.07, 6.45) is 0. The molecule has 0 heterocycles. The first kappa shape index (κ1) is 16.0. The third kappa shape index (κ3) is 3.83. The normalized spacial score (nSPS) is 13.1. The molecule has 0 aliphatic carbocycles. The van der Waals surface area contributed by atoms with Crippen LogP contribution in [0.15, 0.2) is 53.4 Å². The van der Waals surface area contributed by atoms with E-state index in [1.165, 1.54) is 18.2 Å².